The Balaban J connectivity index is 2.10. The van der Waals surface area contributed by atoms with Gasteiger partial charge in [-0.3, -0.25) is 4.57 Å². The molecule has 0 saturated carbocycles. The van der Waals surface area contributed by atoms with Crippen LogP contribution in [0.3, 0.4) is 0 Å². The Labute approximate surface area is 119 Å². The van der Waals surface area contributed by atoms with E-state index in [1.54, 1.807) is 7.05 Å². The van der Waals surface area contributed by atoms with Crippen LogP contribution in [0.4, 0.5) is 5.82 Å². The van der Waals surface area contributed by atoms with Gasteiger partial charge in [0.2, 0.25) is 5.28 Å². The zero-order valence-corrected chi connectivity index (χ0v) is 11.4. The summed E-state index contributed by atoms with van der Waals surface area (Å²) in [5.41, 5.74) is 0.972. The molecule has 1 saturated heterocycles. The maximum atomic E-state index is 10.1. The van der Waals surface area contributed by atoms with Gasteiger partial charge in [0.25, 0.3) is 0 Å². The number of aliphatic hydroxyl groups excluding tert-OH is 2. The Bertz CT molecular complexity index is 634. The highest BCUT2D eigenvalue weighted by molar-refractivity contribution is 6.29. The van der Waals surface area contributed by atoms with Crippen LogP contribution in [0.1, 0.15) is 12.6 Å². The molecule has 2 aromatic rings. The Morgan fingerprint density at radius 2 is 2.35 bits per heavy atom. The van der Waals surface area contributed by atoms with Crippen molar-refractivity contribution in [1.82, 2.24) is 19.5 Å². The standard InChI is InChI=1S/C11H14ClN5O3/c1-13-8-7-9(15-4-14-8)17(11(12)16-7)10-6(19)2-5(3-18)20-10/h4-6,10,18-19H,2-3H2,1H3,(H,13,14,15). The third kappa shape index (κ3) is 2.01. The largest absolute Gasteiger partial charge is 0.394 e. The minimum absolute atomic E-state index is 0.152. The van der Waals surface area contributed by atoms with Crippen LogP contribution in [0, 0.1) is 0 Å². The van der Waals surface area contributed by atoms with Crippen LogP contribution < -0.4 is 5.32 Å². The first-order valence-electron chi connectivity index (χ1n) is 6.16. The number of nitrogens with one attached hydrogen (secondary N) is 1. The van der Waals surface area contributed by atoms with Gasteiger partial charge in [0.1, 0.15) is 12.4 Å². The summed E-state index contributed by atoms with van der Waals surface area (Å²) in [4.78, 5) is 12.4. The number of imidazole rings is 1. The van der Waals surface area contributed by atoms with Gasteiger partial charge >= 0.3 is 0 Å². The Hall–Kier alpha value is -1.48. The fraction of sp³-hybridized carbons (Fsp3) is 0.545. The van der Waals surface area contributed by atoms with Crippen molar-refractivity contribution in [3.05, 3.63) is 11.6 Å². The van der Waals surface area contributed by atoms with Gasteiger partial charge in [0.05, 0.1) is 12.7 Å². The maximum absolute atomic E-state index is 10.1. The van der Waals surface area contributed by atoms with Crippen molar-refractivity contribution in [2.45, 2.75) is 24.9 Å². The normalized spacial score (nSPS) is 26.3. The minimum Gasteiger partial charge on any atom is -0.394 e. The van der Waals surface area contributed by atoms with E-state index in [2.05, 4.69) is 20.3 Å². The summed E-state index contributed by atoms with van der Waals surface area (Å²) in [7, 11) is 1.72. The van der Waals surface area contributed by atoms with Gasteiger partial charge in [-0.25, -0.2) is 15.0 Å². The quantitative estimate of drug-likeness (QED) is 0.693. The predicted octanol–water partition coefficient (Wildman–Crippen LogP) is 0.162. The number of nitrogens with zero attached hydrogens (tertiary/aromatic N) is 4. The molecule has 9 heteroatoms. The molecule has 0 bridgehead atoms. The summed E-state index contributed by atoms with van der Waals surface area (Å²) in [6.45, 7) is -0.158. The van der Waals surface area contributed by atoms with Crippen LogP contribution in [0.2, 0.25) is 5.28 Å². The van der Waals surface area contributed by atoms with Gasteiger partial charge in [-0.1, -0.05) is 0 Å². The number of hydrogen-bond acceptors (Lipinski definition) is 7. The number of anilines is 1. The summed E-state index contributed by atoms with van der Waals surface area (Å²) >= 11 is 6.14. The molecule has 3 unspecified atom stereocenters. The molecular formula is C11H14ClN5O3. The highest BCUT2D eigenvalue weighted by atomic mass is 35.5. The smallest absolute Gasteiger partial charge is 0.207 e. The van der Waals surface area contributed by atoms with Gasteiger partial charge in [-0.2, -0.15) is 0 Å². The van der Waals surface area contributed by atoms with Crippen molar-refractivity contribution in [3.63, 3.8) is 0 Å². The van der Waals surface area contributed by atoms with E-state index in [1.165, 1.54) is 10.9 Å². The third-order valence-corrected chi connectivity index (χ3v) is 3.56. The van der Waals surface area contributed by atoms with Crippen LogP contribution in [0.25, 0.3) is 11.2 Å². The molecule has 3 atom stereocenters. The number of ether oxygens (including phenoxy) is 1. The molecule has 20 heavy (non-hydrogen) atoms. The van der Waals surface area contributed by atoms with Gasteiger partial charge < -0.3 is 20.3 Å². The van der Waals surface area contributed by atoms with Crippen LogP contribution in [0.5, 0.6) is 0 Å². The van der Waals surface area contributed by atoms with E-state index < -0.39 is 18.4 Å². The second-order valence-electron chi connectivity index (χ2n) is 4.53. The van der Waals surface area contributed by atoms with E-state index in [0.29, 0.717) is 23.4 Å². The van der Waals surface area contributed by atoms with Crippen molar-refractivity contribution in [2.24, 2.45) is 0 Å². The van der Waals surface area contributed by atoms with E-state index >= 15 is 0 Å². The van der Waals surface area contributed by atoms with Gasteiger partial charge in [-0.15, -0.1) is 0 Å². The van der Waals surface area contributed by atoms with Crippen LogP contribution in [0.15, 0.2) is 6.33 Å². The first-order valence-corrected chi connectivity index (χ1v) is 6.54. The van der Waals surface area contributed by atoms with E-state index in [0.717, 1.165) is 0 Å². The molecule has 0 amide bonds. The molecular weight excluding hydrogens is 286 g/mol. The molecule has 0 aliphatic carbocycles. The summed E-state index contributed by atoms with van der Waals surface area (Å²) in [6, 6.07) is 0. The molecule has 1 aliphatic heterocycles. The van der Waals surface area contributed by atoms with Gasteiger partial charge in [0, 0.05) is 13.5 Å². The monoisotopic (exact) mass is 299 g/mol. The summed E-state index contributed by atoms with van der Waals surface area (Å²) < 4.78 is 7.10. The first-order chi connectivity index (χ1) is 9.65. The molecule has 3 heterocycles. The highest BCUT2D eigenvalue weighted by Gasteiger charge is 2.37. The van der Waals surface area contributed by atoms with Crippen molar-refractivity contribution in [3.8, 4) is 0 Å². The van der Waals surface area contributed by atoms with Crippen molar-refractivity contribution >= 4 is 28.6 Å². The molecule has 8 nitrogen and oxygen atoms in total. The lowest BCUT2D eigenvalue weighted by Gasteiger charge is -2.17. The lowest BCUT2D eigenvalue weighted by molar-refractivity contribution is -0.0485. The number of hydrogen-bond donors (Lipinski definition) is 3. The van der Waals surface area contributed by atoms with Crippen LogP contribution >= 0.6 is 11.6 Å². The molecule has 1 aliphatic rings. The summed E-state index contributed by atoms with van der Waals surface area (Å²) in [5, 5.41) is 22.3. The maximum Gasteiger partial charge on any atom is 0.207 e. The van der Waals surface area contributed by atoms with E-state index in [4.69, 9.17) is 21.4 Å². The lowest BCUT2D eigenvalue weighted by Crippen LogP contribution is -2.20. The van der Waals surface area contributed by atoms with E-state index in [1.807, 2.05) is 0 Å². The predicted molar refractivity (Wildman–Crippen MR) is 71.5 cm³/mol. The van der Waals surface area contributed by atoms with E-state index in [-0.39, 0.29) is 11.9 Å². The second-order valence-corrected chi connectivity index (χ2v) is 4.87. The minimum atomic E-state index is -0.782. The number of aromatic nitrogens is 4. The van der Waals surface area contributed by atoms with Crippen molar-refractivity contribution < 1.29 is 14.9 Å². The van der Waals surface area contributed by atoms with Gasteiger partial charge in [0.15, 0.2) is 23.2 Å². The molecule has 0 aromatic carbocycles. The van der Waals surface area contributed by atoms with Crippen molar-refractivity contribution in [1.29, 1.82) is 0 Å². The molecule has 1 fully saturated rings. The van der Waals surface area contributed by atoms with Crippen LogP contribution in [-0.4, -0.2) is 55.6 Å². The second kappa shape index (κ2) is 5.13. The number of fused-ring (bicyclic) bond motifs is 1. The topological polar surface area (TPSA) is 105 Å². The Kier molecular flexibility index (Phi) is 3.47. The zero-order valence-electron chi connectivity index (χ0n) is 10.7. The van der Waals surface area contributed by atoms with Crippen LogP contribution in [-0.2, 0) is 4.74 Å². The molecule has 0 radical (unpaired) electrons. The molecule has 3 rings (SSSR count). The SMILES string of the molecule is CNc1ncnc2c1nc(Cl)n2C1OC(CO)CC1O. The van der Waals surface area contributed by atoms with Crippen molar-refractivity contribution in [2.75, 3.05) is 19.0 Å². The number of halogens is 1. The lowest BCUT2D eigenvalue weighted by atomic mass is 10.2. The Morgan fingerprint density at radius 1 is 1.55 bits per heavy atom. The highest BCUT2D eigenvalue weighted by Crippen LogP contribution is 2.34. The average molecular weight is 300 g/mol. The van der Waals surface area contributed by atoms with Gasteiger partial charge in [-0.05, 0) is 11.6 Å². The molecule has 108 valence electrons. The third-order valence-electron chi connectivity index (χ3n) is 3.29. The fourth-order valence-corrected chi connectivity index (χ4v) is 2.63. The zero-order chi connectivity index (χ0) is 14.3. The molecule has 0 spiro atoms. The number of aliphatic hydroxyl groups is 2. The molecule has 2 aromatic heterocycles. The molecule has 3 N–H and O–H groups in total. The Morgan fingerprint density at radius 3 is 3.00 bits per heavy atom. The van der Waals surface area contributed by atoms with E-state index in [9.17, 15) is 5.11 Å². The summed E-state index contributed by atoms with van der Waals surface area (Å²) in [5.74, 6) is 0.543. The fourth-order valence-electron chi connectivity index (χ4n) is 2.37. The first kappa shape index (κ1) is 13.5. The number of rotatable bonds is 3. The average Bonchev–Trinajstić information content (AvgIpc) is 2.97. The summed E-state index contributed by atoms with van der Waals surface area (Å²) in [6.07, 6.45) is -0.206.